The number of nitrogens with one attached hydrogen (secondary N) is 2. The molecule has 2 saturated heterocycles. The standard InChI is InChI=1S/C36H46N4O4/c41-31(17-16-28-12-14-29(15-13-28)26-40-21-6-9-32(42)27-40)25-37-20-24-39-22-18-33(19-23-39)44-36(43)38-35-11-5-4-10-34(35)30-7-2-1-3-8-30/h1-5,7-8,10-15,32-33,37,42H,6,9,16-27H2,(H,38,43). The van der Waals surface area contributed by atoms with Crippen LogP contribution in [0.5, 0.6) is 0 Å². The fourth-order valence-electron chi connectivity index (χ4n) is 6.08. The Morgan fingerprint density at radius 3 is 2.34 bits per heavy atom. The summed E-state index contributed by atoms with van der Waals surface area (Å²) < 4.78 is 5.75. The lowest BCUT2D eigenvalue weighted by molar-refractivity contribution is -0.118. The Balaban J connectivity index is 0.928. The molecule has 1 amide bonds. The molecule has 3 aromatic rings. The average Bonchev–Trinajstić information content (AvgIpc) is 3.04. The third-order valence-corrected chi connectivity index (χ3v) is 8.59. The van der Waals surface area contributed by atoms with Crippen molar-refractivity contribution in [3.8, 4) is 11.1 Å². The van der Waals surface area contributed by atoms with Gasteiger partial charge in [-0.2, -0.15) is 0 Å². The van der Waals surface area contributed by atoms with Gasteiger partial charge in [0, 0.05) is 51.3 Å². The molecular formula is C36H46N4O4. The van der Waals surface area contributed by atoms with Crippen molar-refractivity contribution in [2.75, 3.05) is 51.1 Å². The SMILES string of the molecule is O=C(CCc1ccc(CN2CCCC(O)C2)cc1)CNCCN1CCC(OC(=O)Nc2ccccc2-c2ccccc2)CC1. The van der Waals surface area contributed by atoms with Crippen LogP contribution < -0.4 is 10.6 Å². The fourth-order valence-corrected chi connectivity index (χ4v) is 6.08. The third-order valence-electron chi connectivity index (χ3n) is 8.59. The van der Waals surface area contributed by atoms with Crippen molar-refractivity contribution in [2.45, 2.75) is 57.3 Å². The molecule has 0 radical (unpaired) electrons. The molecule has 2 heterocycles. The van der Waals surface area contributed by atoms with Gasteiger partial charge in [-0.25, -0.2) is 4.79 Å². The number of para-hydroxylation sites is 1. The number of ether oxygens (including phenoxy) is 1. The van der Waals surface area contributed by atoms with Crippen LogP contribution in [0.4, 0.5) is 10.5 Å². The van der Waals surface area contributed by atoms with E-state index in [-0.39, 0.29) is 18.0 Å². The maximum absolute atomic E-state index is 12.7. The van der Waals surface area contributed by atoms with Gasteiger partial charge in [-0.15, -0.1) is 0 Å². The van der Waals surface area contributed by atoms with Crippen LogP contribution in [0.15, 0.2) is 78.9 Å². The Kier molecular flexibility index (Phi) is 11.9. The molecule has 5 rings (SSSR count). The minimum absolute atomic E-state index is 0.101. The van der Waals surface area contributed by atoms with Crippen LogP contribution in [0.1, 0.15) is 43.2 Å². The van der Waals surface area contributed by atoms with E-state index in [1.807, 2.05) is 54.6 Å². The van der Waals surface area contributed by atoms with Crippen LogP contribution in [0, 0.1) is 0 Å². The van der Waals surface area contributed by atoms with Crippen molar-refractivity contribution in [1.29, 1.82) is 0 Å². The minimum atomic E-state index is -0.416. The van der Waals surface area contributed by atoms with Crippen LogP contribution >= 0.6 is 0 Å². The van der Waals surface area contributed by atoms with Crippen LogP contribution in [-0.2, 0) is 22.5 Å². The van der Waals surface area contributed by atoms with E-state index in [1.54, 1.807) is 0 Å². The summed E-state index contributed by atoms with van der Waals surface area (Å²) in [5, 5.41) is 16.1. The fraction of sp³-hybridized carbons (Fsp3) is 0.444. The van der Waals surface area contributed by atoms with Crippen molar-refractivity contribution < 1.29 is 19.4 Å². The van der Waals surface area contributed by atoms with Gasteiger partial charge in [0.25, 0.3) is 0 Å². The highest BCUT2D eigenvalue weighted by molar-refractivity contribution is 5.91. The van der Waals surface area contributed by atoms with Gasteiger partial charge in [0.1, 0.15) is 11.9 Å². The predicted molar refractivity (Wildman–Crippen MR) is 175 cm³/mol. The summed E-state index contributed by atoms with van der Waals surface area (Å²) in [6, 6.07) is 26.3. The zero-order valence-corrected chi connectivity index (χ0v) is 25.6. The number of ketones is 1. The van der Waals surface area contributed by atoms with Crippen LogP contribution in [0.2, 0.25) is 0 Å². The molecule has 8 nitrogen and oxygen atoms in total. The number of aliphatic hydroxyl groups is 1. The molecule has 234 valence electrons. The predicted octanol–water partition coefficient (Wildman–Crippen LogP) is 5.11. The first kappa shape index (κ1) is 31.9. The van der Waals surface area contributed by atoms with Gasteiger partial charge in [0.2, 0.25) is 0 Å². The van der Waals surface area contributed by atoms with E-state index in [2.05, 4.69) is 44.7 Å². The Hall–Kier alpha value is -3.56. The summed E-state index contributed by atoms with van der Waals surface area (Å²) in [4.78, 5) is 29.8. The Morgan fingerprint density at radius 1 is 0.841 bits per heavy atom. The summed E-state index contributed by atoms with van der Waals surface area (Å²) in [5.74, 6) is 0.225. The first-order chi connectivity index (χ1) is 21.5. The molecule has 1 unspecified atom stereocenters. The maximum atomic E-state index is 12.7. The summed E-state index contributed by atoms with van der Waals surface area (Å²) in [6.07, 6.45) is 4.11. The second kappa shape index (κ2) is 16.5. The molecule has 0 aliphatic carbocycles. The van der Waals surface area contributed by atoms with Crippen LogP contribution in [0.3, 0.4) is 0 Å². The number of aryl methyl sites for hydroxylation is 1. The molecule has 0 aromatic heterocycles. The minimum Gasteiger partial charge on any atom is -0.446 e. The average molecular weight is 599 g/mol. The number of aliphatic hydroxyl groups excluding tert-OH is 1. The zero-order valence-electron chi connectivity index (χ0n) is 25.6. The molecule has 1 atom stereocenters. The number of likely N-dealkylation sites (tertiary alicyclic amines) is 2. The van der Waals surface area contributed by atoms with Crippen molar-refractivity contribution in [1.82, 2.24) is 15.1 Å². The molecule has 0 saturated carbocycles. The monoisotopic (exact) mass is 598 g/mol. The number of carbonyl (C=O) groups excluding carboxylic acids is 2. The highest BCUT2D eigenvalue weighted by Crippen LogP contribution is 2.28. The van der Waals surface area contributed by atoms with E-state index >= 15 is 0 Å². The number of Topliss-reactive ketones (excluding diaryl/α,β-unsaturated/α-hetero) is 1. The number of β-amino-alcohol motifs (C(OH)–C–C–N with tert-alkyl or cyclic N) is 1. The number of nitrogens with zero attached hydrogens (tertiary/aromatic N) is 2. The van der Waals surface area contributed by atoms with Crippen molar-refractivity contribution >= 4 is 17.6 Å². The van der Waals surface area contributed by atoms with Gasteiger partial charge < -0.3 is 20.1 Å². The highest BCUT2D eigenvalue weighted by Gasteiger charge is 2.23. The molecule has 3 aromatic carbocycles. The Bertz CT molecular complexity index is 1330. The molecule has 0 spiro atoms. The van der Waals surface area contributed by atoms with E-state index in [9.17, 15) is 14.7 Å². The lowest BCUT2D eigenvalue weighted by atomic mass is 10.0. The van der Waals surface area contributed by atoms with Gasteiger partial charge in [-0.1, -0.05) is 72.8 Å². The maximum Gasteiger partial charge on any atom is 0.411 e. The van der Waals surface area contributed by atoms with E-state index in [4.69, 9.17) is 4.74 Å². The lowest BCUT2D eigenvalue weighted by Crippen LogP contribution is -2.42. The number of hydrogen-bond donors (Lipinski definition) is 3. The first-order valence-electron chi connectivity index (χ1n) is 16.1. The quantitative estimate of drug-likeness (QED) is 0.235. The van der Waals surface area contributed by atoms with Gasteiger partial charge in [0.05, 0.1) is 18.3 Å². The number of rotatable bonds is 13. The second-order valence-corrected chi connectivity index (χ2v) is 12.0. The number of piperidine rings is 2. The Morgan fingerprint density at radius 2 is 1.57 bits per heavy atom. The lowest BCUT2D eigenvalue weighted by Gasteiger charge is -2.31. The molecule has 2 aliphatic heterocycles. The summed E-state index contributed by atoms with van der Waals surface area (Å²) in [5.41, 5.74) is 5.18. The molecule has 8 heteroatoms. The number of hydrogen-bond acceptors (Lipinski definition) is 7. The molecule has 3 N–H and O–H groups in total. The number of amides is 1. The molecule has 0 bridgehead atoms. The smallest absolute Gasteiger partial charge is 0.411 e. The normalized spacial score (nSPS) is 18.2. The van der Waals surface area contributed by atoms with Crippen molar-refractivity contribution in [2.24, 2.45) is 0 Å². The second-order valence-electron chi connectivity index (χ2n) is 12.0. The largest absolute Gasteiger partial charge is 0.446 e. The van der Waals surface area contributed by atoms with Crippen LogP contribution in [-0.4, -0.2) is 84.8 Å². The third kappa shape index (κ3) is 9.99. The van der Waals surface area contributed by atoms with E-state index in [0.29, 0.717) is 13.0 Å². The number of anilines is 1. The van der Waals surface area contributed by atoms with E-state index in [0.717, 1.165) is 94.7 Å². The Labute approximate surface area is 261 Å². The van der Waals surface area contributed by atoms with Gasteiger partial charge >= 0.3 is 6.09 Å². The highest BCUT2D eigenvalue weighted by atomic mass is 16.6. The molecule has 2 aliphatic rings. The van der Waals surface area contributed by atoms with E-state index < -0.39 is 6.09 Å². The van der Waals surface area contributed by atoms with Crippen LogP contribution in [0.25, 0.3) is 11.1 Å². The van der Waals surface area contributed by atoms with Gasteiger partial charge in [-0.3, -0.25) is 15.0 Å². The van der Waals surface area contributed by atoms with Crippen molar-refractivity contribution in [3.05, 3.63) is 90.0 Å². The van der Waals surface area contributed by atoms with E-state index in [1.165, 1.54) is 11.1 Å². The summed E-state index contributed by atoms with van der Waals surface area (Å²) in [6.45, 7) is 6.40. The van der Waals surface area contributed by atoms with Gasteiger partial charge in [0.15, 0.2) is 0 Å². The van der Waals surface area contributed by atoms with Crippen molar-refractivity contribution in [3.63, 3.8) is 0 Å². The molecular weight excluding hydrogens is 552 g/mol. The molecule has 2 fully saturated rings. The summed E-state index contributed by atoms with van der Waals surface area (Å²) >= 11 is 0. The number of benzene rings is 3. The summed E-state index contributed by atoms with van der Waals surface area (Å²) in [7, 11) is 0. The van der Waals surface area contributed by atoms with Gasteiger partial charge in [-0.05, 0) is 61.4 Å². The molecule has 44 heavy (non-hydrogen) atoms. The zero-order chi connectivity index (χ0) is 30.6. The first-order valence-corrected chi connectivity index (χ1v) is 16.1. The number of carbonyl (C=O) groups is 2. The topological polar surface area (TPSA) is 94.1 Å².